The SMILES string of the molecule is CC(=NNc1ccc(Br)cc1F)C(=O)O. The lowest BCUT2D eigenvalue weighted by Gasteiger charge is -2.02. The molecule has 1 rings (SSSR count). The Morgan fingerprint density at radius 1 is 1.60 bits per heavy atom. The standard InChI is InChI=1S/C9H8BrFN2O2/c1-5(9(14)15)12-13-8-3-2-6(10)4-7(8)11/h2-4,13H,1H3,(H,14,15). The van der Waals surface area contributed by atoms with Gasteiger partial charge in [-0.05, 0) is 25.1 Å². The van der Waals surface area contributed by atoms with Crippen LogP contribution in [0, 0.1) is 5.82 Å². The van der Waals surface area contributed by atoms with Crippen LogP contribution in [0.2, 0.25) is 0 Å². The van der Waals surface area contributed by atoms with Crippen molar-refractivity contribution in [3.8, 4) is 0 Å². The molecule has 0 atom stereocenters. The van der Waals surface area contributed by atoms with E-state index in [4.69, 9.17) is 5.11 Å². The Hall–Kier alpha value is -1.43. The molecule has 0 fully saturated rings. The second-order valence-corrected chi connectivity index (χ2v) is 3.65. The molecule has 15 heavy (non-hydrogen) atoms. The first kappa shape index (κ1) is 11.6. The second kappa shape index (κ2) is 4.88. The largest absolute Gasteiger partial charge is 0.477 e. The third-order valence-electron chi connectivity index (χ3n) is 1.58. The number of anilines is 1. The number of nitrogens with zero attached hydrogens (tertiary/aromatic N) is 1. The predicted molar refractivity (Wildman–Crippen MR) is 58.5 cm³/mol. The van der Waals surface area contributed by atoms with Crippen LogP contribution in [0.15, 0.2) is 27.8 Å². The van der Waals surface area contributed by atoms with Gasteiger partial charge in [-0.1, -0.05) is 15.9 Å². The van der Waals surface area contributed by atoms with Crippen LogP contribution in [0.25, 0.3) is 0 Å². The summed E-state index contributed by atoms with van der Waals surface area (Å²) in [7, 11) is 0. The summed E-state index contributed by atoms with van der Waals surface area (Å²) in [5, 5.41) is 12.0. The van der Waals surface area contributed by atoms with Crippen LogP contribution in [0.3, 0.4) is 0 Å². The predicted octanol–water partition coefficient (Wildman–Crippen LogP) is 2.46. The molecule has 0 heterocycles. The maximum atomic E-state index is 13.2. The van der Waals surface area contributed by atoms with Crippen molar-refractivity contribution in [3.05, 3.63) is 28.5 Å². The Kier molecular flexibility index (Phi) is 3.79. The van der Waals surface area contributed by atoms with Crippen molar-refractivity contribution in [2.45, 2.75) is 6.92 Å². The van der Waals surface area contributed by atoms with Gasteiger partial charge in [-0.25, -0.2) is 9.18 Å². The van der Waals surface area contributed by atoms with Gasteiger partial charge in [0.1, 0.15) is 11.5 Å². The lowest BCUT2D eigenvalue weighted by Crippen LogP contribution is -2.10. The van der Waals surface area contributed by atoms with Crippen molar-refractivity contribution in [1.82, 2.24) is 0 Å². The fourth-order valence-corrected chi connectivity index (χ4v) is 1.11. The van der Waals surface area contributed by atoms with Gasteiger partial charge < -0.3 is 5.11 Å². The maximum absolute atomic E-state index is 13.2. The smallest absolute Gasteiger partial charge is 0.351 e. The number of nitrogens with one attached hydrogen (secondary N) is 1. The van der Waals surface area contributed by atoms with Crippen LogP contribution in [-0.2, 0) is 4.79 Å². The van der Waals surface area contributed by atoms with Crippen molar-refractivity contribution in [1.29, 1.82) is 0 Å². The highest BCUT2D eigenvalue weighted by Gasteiger charge is 2.04. The van der Waals surface area contributed by atoms with E-state index < -0.39 is 11.8 Å². The van der Waals surface area contributed by atoms with Gasteiger partial charge in [-0.2, -0.15) is 5.10 Å². The van der Waals surface area contributed by atoms with Crippen LogP contribution < -0.4 is 5.43 Å². The fourth-order valence-electron chi connectivity index (χ4n) is 0.772. The molecule has 1 aromatic carbocycles. The van der Waals surface area contributed by atoms with Gasteiger partial charge in [-0.15, -0.1) is 0 Å². The minimum atomic E-state index is -1.15. The highest BCUT2D eigenvalue weighted by Crippen LogP contribution is 2.19. The molecule has 0 saturated heterocycles. The highest BCUT2D eigenvalue weighted by molar-refractivity contribution is 9.10. The number of carbonyl (C=O) groups is 1. The average molecular weight is 275 g/mol. The summed E-state index contributed by atoms with van der Waals surface area (Å²) in [5.41, 5.74) is 2.32. The highest BCUT2D eigenvalue weighted by atomic mass is 79.9. The van der Waals surface area contributed by atoms with Crippen LogP contribution in [0.1, 0.15) is 6.92 Å². The van der Waals surface area contributed by atoms with Gasteiger partial charge in [0, 0.05) is 4.47 Å². The molecule has 4 nitrogen and oxygen atoms in total. The van der Waals surface area contributed by atoms with E-state index in [1.807, 2.05) is 0 Å². The Morgan fingerprint density at radius 2 is 2.27 bits per heavy atom. The van der Waals surface area contributed by atoms with Crippen LogP contribution in [0.5, 0.6) is 0 Å². The van der Waals surface area contributed by atoms with E-state index in [9.17, 15) is 9.18 Å². The molecule has 2 N–H and O–H groups in total. The molecule has 0 amide bonds. The average Bonchev–Trinajstić information content (AvgIpc) is 2.15. The summed E-state index contributed by atoms with van der Waals surface area (Å²) in [5.74, 6) is -1.66. The zero-order valence-corrected chi connectivity index (χ0v) is 9.38. The first-order valence-corrected chi connectivity index (χ1v) is 4.78. The number of hydrogen-bond donors (Lipinski definition) is 2. The zero-order valence-electron chi connectivity index (χ0n) is 7.79. The number of halogens is 2. The monoisotopic (exact) mass is 274 g/mol. The van der Waals surface area contributed by atoms with E-state index in [0.717, 1.165) is 0 Å². The van der Waals surface area contributed by atoms with Gasteiger partial charge >= 0.3 is 5.97 Å². The third kappa shape index (κ3) is 3.32. The summed E-state index contributed by atoms with van der Waals surface area (Å²) in [4.78, 5) is 10.4. The van der Waals surface area contributed by atoms with E-state index in [1.54, 1.807) is 6.07 Å². The molecule has 0 radical (unpaired) electrons. The Morgan fingerprint density at radius 3 is 2.80 bits per heavy atom. The van der Waals surface area contributed by atoms with E-state index in [-0.39, 0.29) is 11.4 Å². The maximum Gasteiger partial charge on any atom is 0.351 e. The van der Waals surface area contributed by atoms with Crippen molar-refractivity contribution < 1.29 is 14.3 Å². The molecule has 0 aliphatic heterocycles. The number of carboxylic acids is 1. The van der Waals surface area contributed by atoms with Gasteiger partial charge in [-0.3, -0.25) is 5.43 Å². The minimum absolute atomic E-state index is 0.124. The fraction of sp³-hybridized carbons (Fsp3) is 0.111. The van der Waals surface area contributed by atoms with Gasteiger partial charge in [0.2, 0.25) is 0 Å². The van der Waals surface area contributed by atoms with Crippen molar-refractivity contribution in [2.75, 3.05) is 5.43 Å². The van der Waals surface area contributed by atoms with E-state index in [2.05, 4.69) is 26.5 Å². The third-order valence-corrected chi connectivity index (χ3v) is 2.08. The van der Waals surface area contributed by atoms with Gasteiger partial charge in [0.15, 0.2) is 0 Å². The molecular weight excluding hydrogens is 267 g/mol. The number of aliphatic carboxylic acids is 1. The first-order chi connectivity index (χ1) is 7.00. The first-order valence-electron chi connectivity index (χ1n) is 3.99. The zero-order chi connectivity index (χ0) is 11.4. The Balaban J connectivity index is 2.82. The van der Waals surface area contributed by atoms with E-state index >= 15 is 0 Å². The van der Waals surface area contributed by atoms with Crippen LogP contribution in [0.4, 0.5) is 10.1 Å². The molecule has 0 aliphatic carbocycles. The number of hydrazone groups is 1. The molecule has 0 aliphatic rings. The Bertz CT molecular complexity index is 421. The van der Waals surface area contributed by atoms with Crippen LogP contribution in [-0.4, -0.2) is 16.8 Å². The van der Waals surface area contributed by atoms with Crippen molar-refractivity contribution >= 4 is 33.3 Å². The minimum Gasteiger partial charge on any atom is -0.477 e. The second-order valence-electron chi connectivity index (χ2n) is 2.74. The van der Waals surface area contributed by atoms with Gasteiger partial charge in [0.25, 0.3) is 0 Å². The van der Waals surface area contributed by atoms with Crippen LogP contribution >= 0.6 is 15.9 Å². The van der Waals surface area contributed by atoms with E-state index in [1.165, 1.54) is 19.1 Å². The topological polar surface area (TPSA) is 61.7 Å². The molecule has 1 aromatic rings. The molecular formula is C9H8BrFN2O2. The van der Waals surface area contributed by atoms with Crippen molar-refractivity contribution in [2.24, 2.45) is 5.10 Å². The molecule has 80 valence electrons. The molecule has 6 heteroatoms. The lowest BCUT2D eigenvalue weighted by molar-refractivity contribution is -0.129. The molecule has 0 saturated carbocycles. The van der Waals surface area contributed by atoms with E-state index in [0.29, 0.717) is 4.47 Å². The number of benzene rings is 1. The molecule has 0 spiro atoms. The van der Waals surface area contributed by atoms with Gasteiger partial charge in [0.05, 0.1) is 5.69 Å². The molecule has 0 bridgehead atoms. The molecule has 0 unspecified atom stereocenters. The number of carboxylic acid groups (broad SMARTS) is 1. The summed E-state index contributed by atoms with van der Waals surface area (Å²) >= 11 is 3.10. The number of hydrogen-bond acceptors (Lipinski definition) is 3. The summed E-state index contributed by atoms with van der Waals surface area (Å²) in [6.45, 7) is 1.31. The number of rotatable bonds is 3. The molecule has 0 aromatic heterocycles. The lowest BCUT2D eigenvalue weighted by atomic mass is 10.3. The normalized spacial score (nSPS) is 11.3. The summed E-state index contributed by atoms with van der Waals surface area (Å²) < 4.78 is 13.8. The van der Waals surface area contributed by atoms with Crippen molar-refractivity contribution in [3.63, 3.8) is 0 Å². The quantitative estimate of drug-likeness (QED) is 0.658. The summed E-state index contributed by atoms with van der Waals surface area (Å²) in [6.07, 6.45) is 0. The Labute approximate surface area is 93.9 Å². The summed E-state index contributed by atoms with van der Waals surface area (Å²) in [6, 6.07) is 4.34.